The van der Waals surface area contributed by atoms with Crippen molar-refractivity contribution in [3.8, 4) is 0 Å². The summed E-state index contributed by atoms with van der Waals surface area (Å²) in [4.78, 5) is 0. The van der Waals surface area contributed by atoms with Gasteiger partial charge in [0.05, 0.1) is 0 Å². The summed E-state index contributed by atoms with van der Waals surface area (Å²) in [5.74, 6) is -0.170. The molecule has 1 unspecified atom stereocenters. The quantitative estimate of drug-likeness (QED) is 0.829. The SMILES string of the molecule is Fc1ccc(CC2Cc3ccccc3N2)cc1. The zero-order valence-electron chi connectivity index (χ0n) is 9.49. The molecule has 0 radical (unpaired) electrons. The number of para-hydroxylation sites is 1. The third kappa shape index (κ3) is 2.16. The highest BCUT2D eigenvalue weighted by atomic mass is 19.1. The number of nitrogens with one attached hydrogen (secondary N) is 1. The Labute approximate surface area is 100 Å². The number of halogens is 1. The normalized spacial score (nSPS) is 17.6. The third-order valence-electron chi connectivity index (χ3n) is 3.24. The second-order valence-electron chi connectivity index (χ2n) is 4.53. The van der Waals surface area contributed by atoms with Crippen molar-refractivity contribution in [1.29, 1.82) is 0 Å². The fraction of sp³-hybridized carbons (Fsp3) is 0.200. The van der Waals surface area contributed by atoms with Crippen molar-refractivity contribution in [1.82, 2.24) is 0 Å². The molecule has 2 aromatic carbocycles. The first kappa shape index (κ1) is 10.3. The number of hydrogen-bond donors (Lipinski definition) is 1. The lowest BCUT2D eigenvalue weighted by Gasteiger charge is -2.11. The van der Waals surface area contributed by atoms with E-state index in [-0.39, 0.29) is 5.82 Å². The maximum Gasteiger partial charge on any atom is 0.123 e. The summed E-state index contributed by atoms with van der Waals surface area (Å²) in [6, 6.07) is 15.6. The molecule has 86 valence electrons. The molecule has 1 aliphatic heterocycles. The minimum atomic E-state index is -0.170. The molecule has 0 bridgehead atoms. The van der Waals surface area contributed by atoms with Crippen molar-refractivity contribution >= 4 is 5.69 Å². The van der Waals surface area contributed by atoms with E-state index in [1.807, 2.05) is 18.2 Å². The highest BCUT2D eigenvalue weighted by molar-refractivity contribution is 5.56. The zero-order valence-corrected chi connectivity index (χ0v) is 9.49. The second kappa shape index (κ2) is 4.21. The highest BCUT2D eigenvalue weighted by Gasteiger charge is 2.19. The van der Waals surface area contributed by atoms with Crippen LogP contribution in [0.25, 0.3) is 0 Å². The van der Waals surface area contributed by atoms with Crippen LogP contribution < -0.4 is 5.32 Å². The van der Waals surface area contributed by atoms with E-state index in [0.29, 0.717) is 6.04 Å². The first-order valence-corrected chi connectivity index (χ1v) is 5.90. The van der Waals surface area contributed by atoms with Crippen LogP contribution in [-0.2, 0) is 12.8 Å². The highest BCUT2D eigenvalue weighted by Crippen LogP contribution is 2.26. The van der Waals surface area contributed by atoms with Gasteiger partial charge in [-0.15, -0.1) is 0 Å². The van der Waals surface area contributed by atoms with E-state index in [1.165, 1.54) is 28.9 Å². The monoisotopic (exact) mass is 227 g/mol. The largest absolute Gasteiger partial charge is 0.381 e. The Bertz CT molecular complexity index is 494. The molecule has 2 heteroatoms. The molecule has 0 aliphatic carbocycles. The molecule has 0 aromatic heterocycles. The summed E-state index contributed by atoms with van der Waals surface area (Å²) < 4.78 is 12.8. The van der Waals surface area contributed by atoms with Crippen LogP contribution in [-0.4, -0.2) is 6.04 Å². The summed E-state index contributed by atoms with van der Waals surface area (Å²) in [7, 11) is 0. The first-order valence-electron chi connectivity index (χ1n) is 5.90. The molecule has 0 fully saturated rings. The van der Waals surface area contributed by atoms with Crippen LogP contribution >= 0.6 is 0 Å². The summed E-state index contributed by atoms with van der Waals surface area (Å²) >= 11 is 0. The van der Waals surface area contributed by atoms with Gasteiger partial charge >= 0.3 is 0 Å². The molecule has 0 saturated carbocycles. The molecule has 1 aliphatic rings. The topological polar surface area (TPSA) is 12.0 Å². The number of fused-ring (bicyclic) bond motifs is 1. The van der Waals surface area contributed by atoms with Crippen LogP contribution in [0.5, 0.6) is 0 Å². The van der Waals surface area contributed by atoms with Gasteiger partial charge in [-0.05, 0) is 42.2 Å². The van der Waals surface area contributed by atoms with Gasteiger partial charge in [0.2, 0.25) is 0 Å². The molecule has 2 aromatic rings. The van der Waals surface area contributed by atoms with Crippen LogP contribution in [0.1, 0.15) is 11.1 Å². The number of anilines is 1. The summed E-state index contributed by atoms with van der Waals surface area (Å²) in [6.07, 6.45) is 1.99. The predicted molar refractivity (Wildman–Crippen MR) is 67.7 cm³/mol. The van der Waals surface area contributed by atoms with Crippen LogP contribution in [0.15, 0.2) is 48.5 Å². The Morgan fingerprint density at radius 3 is 2.59 bits per heavy atom. The van der Waals surface area contributed by atoms with E-state index in [4.69, 9.17) is 0 Å². The van der Waals surface area contributed by atoms with Gasteiger partial charge in [0, 0.05) is 11.7 Å². The summed E-state index contributed by atoms with van der Waals surface area (Å²) in [6.45, 7) is 0. The van der Waals surface area contributed by atoms with Crippen LogP contribution in [0.4, 0.5) is 10.1 Å². The van der Waals surface area contributed by atoms with Gasteiger partial charge in [-0.3, -0.25) is 0 Å². The van der Waals surface area contributed by atoms with Gasteiger partial charge in [0.25, 0.3) is 0 Å². The molecule has 0 spiro atoms. The van der Waals surface area contributed by atoms with Gasteiger partial charge in [-0.1, -0.05) is 30.3 Å². The molecule has 17 heavy (non-hydrogen) atoms. The van der Waals surface area contributed by atoms with Crippen molar-refractivity contribution in [2.75, 3.05) is 5.32 Å². The standard InChI is InChI=1S/C15H14FN/c16-13-7-5-11(6-8-13)9-14-10-12-3-1-2-4-15(12)17-14/h1-8,14,17H,9-10H2. The van der Waals surface area contributed by atoms with Gasteiger partial charge in [0.15, 0.2) is 0 Å². The van der Waals surface area contributed by atoms with Crippen molar-refractivity contribution in [3.05, 3.63) is 65.5 Å². The average molecular weight is 227 g/mol. The van der Waals surface area contributed by atoms with Gasteiger partial charge in [0.1, 0.15) is 5.82 Å². The van der Waals surface area contributed by atoms with Gasteiger partial charge in [-0.2, -0.15) is 0 Å². The molecule has 3 rings (SSSR count). The molecule has 1 nitrogen and oxygen atoms in total. The zero-order chi connectivity index (χ0) is 11.7. The maximum absolute atomic E-state index is 12.8. The van der Waals surface area contributed by atoms with Crippen LogP contribution in [0.2, 0.25) is 0 Å². The Hall–Kier alpha value is -1.83. The average Bonchev–Trinajstić information content (AvgIpc) is 2.74. The molecular weight excluding hydrogens is 213 g/mol. The van der Waals surface area contributed by atoms with E-state index in [2.05, 4.69) is 23.5 Å². The Kier molecular flexibility index (Phi) is 2.56. The third-order valence-corrected chi connectivity index (χ3v) is 3.24. The van der Waals surface area contributed by atoms with Crippen molar-refractivity contribution in [2.45, 2.75) is 18.9 Å². The minimum absolute atomic E-state index is 0.170. The van der Waals surface area contributed by atoms with Crippen molar-refractivity contribution in [2.24, 2.45) is 0 Å². The summed E-state index contributed by atoms with van der Waals surface area (Å²) in [5.41, 5.74) is 3.79. The number of rotatable bonds is 2. The first-order chi connectivity index (χ1) is 8.31. The Morgan fingerprint density at radius 2 is 1.82 bits per heavy atom. The fourth-order valence-electron chi connectivity index (χ4n) is 2.40. The maximum atomic E-state index is 12.8. The lowest BCUT2D eigenvalue weighted by atomic mass is 10.0. The fourth-order valence-corrected chi connectivity index (χ4v) is 2.40. The molecule has 0 amide bonds. The molecule has 1 atom stereocenters. The van der Waals surface area contributed by atoms with E-state index in [1.54, 1.807) is 0 Å². The predicted octanol–water partition coefficient (Wildman–Crippen LogP) is 3.41. The minimum Gasteiger partial charge on any atom is -0.381 e. The van der Waals surface area contributed by atoms with E-state index in [0.717, 1.165) is 12.8 Å². The molecule has 1 heterocycles. The summed E-state index contributed by atoms with van der Waals surface area (Å²) in [5, 5.41) is 3.50. The van der Waals surface area contributed by atoms with Gasteiger partial charge < -0.3 is 5.32 Å². The molecule has 0 saturated heterocycles. The van der Waals surface area contributed by atoms with E-state index in [9.17, 15) is 4.39 Å². The Morgan fingerprint density at radius 1 is 1.06 bits per heavy atom. The van der Waals surface area contributed by atoms with E-state index < -0.39 is 0 Å². The smallest absolute Gasteiger partial charge is 0.123 e. The van der Waals surface area contributed by atoms with Crippen molar-refractivity contribution < 1.29 is 4.39 Å². The lowest BCUT2D eigenvalue weighted by molar-refractivity contribution is 0.626. The second-order valence-corrected chi connectivity index (χ2v) is 4.53. The molecular formula is C15H14FN. The Balaban J connectivity index is 1.71. The number of benzene rings is 2. The van der Waals surface area contributed by atoms with Gasteiger partial charge in [-0.25, -0.2) is 4.39 Å². The lowest BCUT2D eigenvalue weighted by Crippen LogP contribution is -2.18. The van der Waals surface area contributed by atoms with E-state index >= 15 is 0 Å². The van der Waals surface area contributed by atoms with Crippen LogP contribution in [0, 0.1) is 5.82 Å². The molecule has 1 N–H and O–H groups in total. The van der Waals surface area contributed by atoms with Crippen LogP contribution in [0.3, 0.4) is 0 Å². The number of hydrogen-bond acceptors (Lipinski definition) is 1. The van der Waals surface area contributed by atoms with Crippen molar-refractivity contribution in [3.63, 3.8) is 0 Å².